The number of anilines is 1. The molecule has 1 aromatic rings. The van der Waals surface area contributed by atoms with Crippen LogP contribution >= 0.6 is 0 Å². The summed E-state index contributed by atoms with van der Waals surface area (Å²) in [6.45, 7) is 6.30. The second-order valence-electron chi connectivity index (χ2n) is 5.93. The average Bonchev–Trinajstić information content (AvgIpc) is 2.76. The normalized spacial score (nSPS) is 23.9. The lowest BCUT2D eigenvalue weighted by atomic mass is 9.89. The summed E-state index contributed by atoms with van der Waals surface area (Å²) in [5.41, 5.74) is 6.73. The van der Waals surface area contributed by atoms with Gasteiger partial charge < -0.3 is 15.7 Å². The van der Waals surface area contributed by atoms with Crippen molar-refractivity contribution < 1.29 is 14.3 Å². The Labute approximate surface area is 118 Å². The Hall–Kier alpha value is -1.62. The first-order valence-electron chi connectivity index (χ1n) is 6.77. The number of amides is 1. The maximum atomic E-state index is 13.7. The number of aryl methyl sites for hydroxylation is 1. The van der Waals surface area contributed by atoms with Crippen LogP contribution in [0.3, 0.4) is 0 Å². The molecule has 20 heavy (non-hydrogen) atoms. The van der Waals surface area contributed by atoms with Gasteiger partial charge in [-0.3, -0.25) is 4.79 Å². The second kappa shape index (κ2) is 5.05. The number of carbonyl (C=O) groups is 1. The molecule has 1 aliphatic heterocycles. The minimum Gasteiger partial charge on any atom is -0.389 e. The molecule has 0 aromatic heterocycles. The van der Waals surface area contributed by atoms with E-state index in [-0.39, 0.29) is 11.7 Å². The van der Waals surface area contributed by atoms with E-state index in [9.17, 15) is 14.3 Å². The van der Waals surface area contributed by atoms with Crippen LogP contribution < -0.4 is 10.6 Å². The Morgan fingerprint density at radius 2 is 2.20 bits per heavy atom. The zero-order valence-electron chi connectivity index (χ0n) is 12.1. The molecular weight excluding hydrogens is 259 g/mol. The molecule has 0 spiro atoms. The maximum Gasteiger partial charge on any atom is 0.225 e. The first-order valence-corrected chi connectivity index (χ1v) is 6.77. The maximum absolute atomic E-state index is 13.7. The van der Waals surface area contributed by atoms with Gasteiger partial charge in [0, 0.05) is 24.3 Å². The first-order chi connectivity index (χ1) is 9.24. The van der Waals surface area contributed by atoms with Gasteiger partial charge in [0.2, 0.25) is 5.91 Å². The van der Waals surface area contributed by atoms with E-state index in [0.717, 1.165) is 5.69 Å². The third kappa shape index (κ3) is 2.50. The van der Waals surface area contributed by atoms with E-state index < -0.39 is 11.5 Å². The van der Waals surface area contributed by atoms with Gasteiger partial charge >= 0.3 is 0 Å². The van der Waals surface area contributed by atoms with Crippen molar-refractivity contribution in [3.63, 3.8) is 0 Å². The summed E-state index contributed by atoms with van der Waals surface area (Å²) >= 11 is 0. The number of hydrogen-bond acceptors (Lipinski definition) is 3. The molecule has 5 heteroatoms. The van der Waals surface area contributed by atoms with Crippen LogP contribution in [0.15, 0.2) is 12.1 Å². The van der Waals surface area contributed by atoms with Crippen LogP contribution in [-0.2, 0) is 4.79 Å². The van der Waals surface area contributed by atoms with Crippen LogP contribution in [0.4, 0.5) is 10.1 Å². The van der Waals surface area contributed by atoms with E-state index in [1.54, 1.807) is 19.9 Å². The quantitative estimate of drug-likeness (QED) is 0.888. The highest BCUT2D eigenvalue weighted by atomic mass is 19.1. The smallest absolute Gasteiger partial charge is 0.225 e. The fourth-order valence-corrected chi connectivity index (χ4v) is 2.66. The molecule has 1 unspecified atom stereocenters. The van der Waals surface area contributed by atoms with Gasteiger partial charge in [0.25, 0.3) is 0 Å². The second-order valence-corrected chi connectivity index (χ2v) is 5.93. The minimum absolute atomic E-state index is 0.322. The van der Waals surface area contributed by atoms with Crippen LogP contribution in [0.5, 0.6) is 0 Å². The van der Waals surface area contributed by atoms with Crippen LogP contribution in [0, 0.1) is 18.2 Å². The summed E-state index contributed by atoms with van der Waals surface area (Å²) in [7, 11) is 0. The molecule has 2 atom stereocenters. The number of primary amides is 1. The molecular formula is C15H21FN2O2. The molecule has 1 aromatic carbocycles. The van der Waals surface area contributed by atoms with Crippen LogP contribution in [-0.4, -0.2) is 24.1 Å². The lowest BCUT2D eigenvalue weighted by Crippen LogP contribution is -2.37. The fraction of sp³-hybridized carbons (Fsp3) is 0.533. The Kier molecular flexibility index (Phi) is 3.73. The predicted molar refractivity (Wildman–Crippen MR) is 75.9 cm³/mol. The van der Waals surface area contributed by atoms with Gasteiger partial charge in [0.15, 0.2) is 0 Å². The van der Waals surface area contributed by atoms with Crippen LogP contribution in [0.2, 0.25) is 0 Å². The van der Waals surface area contributed by atoms with Crippen LogP contribution in [0.1, 0.15) is 37.5 Å². The molecule has 1 saturated heterocycles. The Morgan fingerprint density at radius 3 is 2.70 bits per heavy atom. The number of nitrogens with zero attached hydrogens (tertiary/aromatic N) is 1. The highest BCUT2D eigenvalue weighted by Crippen LogP contribution is 2.37. The molecule has 2 rings (SSSR count). The Morgan fingerprint density at radius 1 is 1.55 bits per heavy atom. The summed E-state index contributed by atoms with van der Waals surface area (Å²) in [5, 5.41) is 9.83. The number of carbonyl (C=O) groups excluding carboxylic acids is 1. The number of nitrogens with two attached hydrogens (primary N) is 1. The number of hydrogen-bond donors (Lipinski definition) is 2. The van der Waals surface area contributed by atoms with E-state index in [1.807, 2.05) is 11.8 Å². The van der Waals surface area contributed by atoms with Gasteiger partial charge in [-0.05, 0) is 44.9 Å². The molecule has 3 N–H and O–H groups in total. The van der Waals surface area contributed by atoms with Gasteiger partial charge in [-0.1, -0.05) is 0 Å². The predicted octanol–water partition coefficient (Wildman–Crippen LogP) is 1.89. The summed E-state index contributed by atoms with van der Waals surface area (Å²) in [6, 6.07) is 3.10. The van der Waals surface area contributed by atoms with Gasteiger partial charge in [0.05, 0.1) is 11.5 Å². The average molecular weight is 280 g/mol. The molecule has 0 saturated carbocycles. The van der Waals surface area contributed by atoms with Gasteiger partial charge in [-0.2, -0.15) is 0 Å². The number of rotatable bonds is 3. The third-order valence-corrected chi connectivity index (χ3v) is 4.17. The topological polar surface area (TPSA) is 66.6 Å². The van der Waals surface area contributed by atoms with Crippen molar-refractivity contribution >= 4 is 11.6 Å². The highest BCUT2D eigenvalue weighted by molar-refractivity contribution is 5.82. The molecule has 0 radical (unpaired) electrons. The fourth-order valence-electron chi connectivity index (χ4n) is 2.66. The highest BCUT2D eigenvalue weighted by Gasteiger charge is 2.39. The zero-order valence-corrected chi connectivity index (χ0v) is 12.1. The van der Waals surface area contributed by atoms with Crippen molar-refractivity contribution in [2.45, 2.75) is 33.3 Å². The molecule has 1 amide bonds. The molecule has 110 valence electrons. The number of halogens is 1. The summed E-state index contributed by atoms with van der Waals surface area (Å²) in [5.74, 6) is -0.654. The monoisotopic (exact) mass is 280 g/mol. The SMILES string of the molecule is Cc1cc(N2CCC(C)(C(N)=O)C2)c([C@@H](C)O)cc1F. The number of aliphatic hydroxyl groups is 1. The van der Waals surface area contributed by atoms with Crippen molar-refractivity contribution in [3.05, 3.63) is 29.1 Å². The lowest BCUT2D eigenvalue weighted by molar-refractivity contribution is -0.125. The third-order valence-electron chi connectivity index (χ3n) is 4.17. The van der Waals surface area contributed by atoms with E-state index in [1.165, 1.54) is 6.07 Å². The molecule has 1 heterocycles. The molecule has 1 fully saturated rings. The van der Waals surface area contributed by atoms with Crippen LogP contribution in [0.25, 0.3) is 0 Å². The molecule has 0 bridgehead atoms. The molecule has 1 aliphatic rings. The van der Waals surface area contributed by atoms with E-state index in [0.29, 0.717) is 30.6 Å². The van der Waals surface area contributed by atoms with Crippen molar-refractivity contribution in [2.24, 2.45) is 11.1 Å². The minimum atomic E-state index is -0.763. The zero-order chi connectivity index (χ0) is 15.1. The lowest BCUT2D eigenvalue weighted by Gasteiger charge is -2.26. The summed E-state index contributed by atoms with van der Waals surface area (Å²) < 4.78 is 13.7. The van der Waals surface area contributed by atoms with Gasteiger partial charge in [0.1, 0.15) is 5.82 Å². The number of aliphatic hydroxyl groups excluding tert-OH is 1. The standard InChI is InChI=1S/C15H21FN2O2/c1-9-6-13(11(10(2)19)7-12(9)16)18-5-4-15(3,8-18)14(17)20/h6-7,10,19H,4-5,8H2,1-3H3,(H2,17,20)/t10-,15?/m1/s1. The largest absolute Gasteiger partial charge is 0.389 e. The number of benzene rings is 1. The van der Waals surface area contributed by atoms with Crippen molar-refractivity contribution in [3.8, 4) is 0 Å². The molecule has 4 nitrogen and oxygen atoms in total. The Balaban J connectivity index is 2.39. The van der Waals surface area contributed by atoms with Gasteiger partial charge in [-0.25, -0.2) is 4.39 Å². The van der Waals surface area contributed by atoms with Gasteiger partial charge in [-0.15, -0.1) is 0 Å². The first kappa shape index (κ1) is 14.8. The van der Waals surface area contributed by atoms with E-state index in [2.05, 4.69) is 0 Å². The van der Waals surface area contributed by atoms with Crippen molar-refractivity contribution in [1.82, 2.24) is 0 Å². The van der Waals surface area contributed by atoms with E-state index >= 15 is 0 Å². The van der Waals surface area contributed by atoms with Crippen molar-refractivity contribution in [2.75, 3.05) is 18.0 Å². The summed E-state index contributed by atoms with van der Waals surface area (Å²) in [6.07, 6.45) is -0.0987. The van der Waals surface area contributed by atoms with Crippen molar-refractivity contribution in [1.29, 1.82) is 0 Å². The van der Waals surface area contributed by atoms with E-state index in [4.69, 9.17) is 5.73 Å². The summed E-state index contributed by atoms with van der Waals surface area (Å²) in [4.78, 5) is 13.5. The Bertz CT molecular complexity index is 545. The molecule has 0 aliphatic carbocycles.